The fourth-order valence-corrected chi connectivity index (χ4v) is 1.68. The molecule has 2 heterocycles. The molecule has 1 aromatic carbocycles. The molecule has 0 unspecified atom stereocenters. The summed E-state index contributed by atoms with van der Waals surface area (Å²) in [6.07, 6.45) is 1.58. The van der Waals surface area contributed by atoms with Gasteiger partial charge in [-0.3, -0.25) is 5.10 Å². The van der Waals surface area contributed by atoms with Crippen molar-refractivity contribution in [2.45, 2.75) is 6.61 Å². The molecule has 0 aliphatic heterocycles. The van der Waals surface area contributed by atoms with Crippen molar-refractivity contribution in [3.05, 3.63) is 36.0 Å². The van der Waals surface area contributed by atoms with Crippen LogP contribution >= 0.6 is 0 Å². The largest absolute Gasteiger partial charge is 0.438 e. The minimum absolute atomic E-state index is 0.00723. The lowest BCUT2D eigenvalue weighted by Crippen LogP contribution is -1.98. The molecule has 19 heavy (non-hydrogen) atoms. The van der Waals surface area contributed by atoms with Gasteiger partial charge >= 0.3 is 0 Å². The Labute approximate surface area is 108 Å². The highest BCUT2D eigenvalue weighted by atomic mass is 16.5. The maximum Gasteiger partial charge on any atom is 0.235 e. The summed E-state index contributed by atoms with van der Waals surface area (Å²) in [4.78, 5) is 8.05. The Morgan fingerprint density at radius 3 is 2.74 bits per heavy atom. The van der Waals surface area contributed by atoms with Crippen LogP contribution in [0.25, 0.3) is 11.0 Å². The van der Waals surface area contributed by atoms with E-state index in [1.807, 2.05) is 0 Å². The van der Waals surface area contributed by atoms with Crippen molar-refractivity contribution in [2.75, 3.05) is 5.73 Å². The van der Waals surface area contributed by atoms with Crippen LogP contribution in [0, 0.1) is 0 Å². The number of nitrogen functional groups attached to an aromatic ring is 1. The maximum atomic E-state index is 8.98. The minimum atomic E-state index is -0.00723. The quantitative estimate of drug-likeness (QED) is 0.650. The standard InChI is InChI=1S/C12H11N5O2/c13-12-15-10-9(5-14-17-10)11(16-12)19-8-3-1-7(6-18)2-4-8/h1-5,18H,6H2,(H3,13,14,15,16,17). The molecule has 0 radical (unpaired) electrons. The molecule has 0 aliphatic carbocycles. The van der Waals surface area contributed by atoms with E-state index in [1.165, 1.54) is 0 Å². The van der Waals surface area contributed by atoms with Gasteiger partial charge in [-0.25, -0.2) is 0 Å². The fraction of sp³-hybridized carbons (Fsp3) is 0.0833. The zero-order valence-electron chi connectivity index (χ0n) is 9.87. The SMILES string of the molecule is Nc1nc(Oc2ccc(CO)cc2)c2cn[nH]c2n1. The van der Waals surface area contributed by atoms with Gasteiger partial charge < -0.3 is 15.6 Å². The van der Waals surface area contributed by atoms with E-state index in [9.17, 15) is 0 Å². The lowest BCUT2D eigenvalue weighted by atomic mass is 10.2. The maximum absolute atomic E-state index is 8.98. The van der Waals surface area contributed by atoms with Crippen LogP contribution in [0.3, 0.4) is 0 Å². The number of hydrogen-bond acceptors (Lipinski definition) is 6. The molecule has 3 rings (SSSR count). The van der Waals surface area contributed by atoms with Gasteiger partial charge in [-0.15, -0.1) is 0 Å². The number of aromatic amines is 1. The number of aliphatic hydroxyl groups is 1. The molecule has 96 valence electrons. The summed E-state index contributed by atoms with van der Waals surface area (Å²) in [6.45, 7) is -0.00723. The molecule has 0 fully saturated rings. The van der Waals surface area contributed by atoms with Crippen LogP contribution in [-0.2, 0) is 6.61 Å². The monoisotopic (exact) mass is 257 g/mol. The highest BCUT2D eigenvalue weighted by Gasteiger charge is 2.10. The topological polar surface area (TPSA) is 110 Å². The summed E-state index contributed by atoms with van der Waals surface area (Å²) in [6, 6.07) is 7.03. The van der Waals surface area contributed by atoms with Gasteiger partial charge in [0.2, 0.25) is 11.8 Å². The first-order valence-electron chi connectivity index (χ1n) is 5.60. The second kappa shape index (κ2) is 4.54. The molecule has 4 N–H and O–H groups in total. The number of benzene rings is 1. The molecule has 0 amide bonds. The number of nitrogens with one attached hydrogen (secondary N) is 1. The Morgan fingerprint density at radius 1 is 1.21 bits per heavy atom. The van der Waals surface area contributed by atoms with Gasteiger partial charge in [0.15, 0.2) is 5.65 Å². The van der Waals surface area contributed by atoms with Crippen LogP contribution in [0.5, 0.6) is 11.6 Å². The molecule has 0 bridgehead atoms. The van der Waals surface area contributed by atoms with E-state index >= 15 is 0 Å². The Kier molecular flexibility index (Phi) is 2.73. The van der Waals surface area contributed by atoms with E-state index in [0.29, 0.717) is 22.7 Å². The van der Waals surface area contributed by atoms with Crippen LogP contribution in [-0.4, -0.2) is 25.3 Å². The highest BCUT2D eigenvalue weighted by Crippen LogP contribution is 2.26. The number of aliphatic hydroxyl groups excluding tert-OH is 1. The molecule has 7 nitrogen and oxygen atoms in total. The van der Waals surface area contributed by atoms with Crippen molar-refractivity contribution in [1.29, 1.82) is 0 Å². The molecular weight excluding hydrogens is 246 g/mol. The van der Waals surface area contributed by atoms with Crippen molar-refractivity contribution < 1.29 is 9.84 Å². The van der Waals surface area contributed by atoms with Crippen molar-refractivity contribution in [3.63, 3.8) is 0 Å². The van der Waals surface area contributed by atoms with Crippen LogP contribution in [0.15, 0.2) is 30.5 Å². The number of fused-ring (bicyclic) bond motifs is 1. The number of hydrogen-bond donors (Lipinski definition) is 3. The summed E-state index contributed by atoms with van der Waals surface area (Å²) >= 11 is 0. The zero-order chi connectivity index (χ0) is 13.2. The van der Waals surface area contributed by atoms with Crippen molar-refractivity contribution >= 4 is 17.0 Å². The Morgan fingerprint density at radius 2 is 2.00 bits per heavy atom. The fourth-order valence-electron chi connectivity index (χ4n) is 1.68. The highest BCUT2D eigenvalue weighted by molar-refractivity contribution is 5.80. The Hall–Kier alpha value is -2.67. The number of aromatic nitrogens is 4. The molecule has 3 aromatic rings. The summed E-state index contributed by atoms with van der Waals surface area (Å²) in [5, 5.41) is 16.2. The average molecular weight is 257 g/mol. The summed E-state index contributed by atoms with van der Waals surface area (Å²) in [7, 11) is 0. The lowest BCUT2D eigenvalue weighted by Gasteiger charge is -2.06. The summed E-state index contributed by atoms with van der Waals surface area (Å²) in [5.74, 6) is 1.05. The van der Waals surface area contributed by atoms with E-state index in [2.05, 4.69) is 20.2 Å². The Balaban J connectivity index is 1.97. The molecule has 0 saturated carbocycles. The number of rotatable bonds is 3. The van der Waals surface area contributed by atoms with Gasteiger partial charge in [0.05, 0.1) is 12.8 Å². The minimum Gasteiger partial charge on any atom is -0.438 e. The first-order valence-corrected chi connectivity index (χ1v) is 5.60. The number of nitrogens with two attached hydrogens (primary N) is 1. The second-order valence-electron chi connectivity index (χ2n) is 3.92. The van der Waals surface area contributed by atoms with E-state index in [4.69, 9.17) is 15.6 Å². The summed E-state index contributed by atoms with van der Waals surface area (Å²) in [5.41, 5.74) is 6.93. The molecule has 0 spiro atoms. The molecule has 0 aliphatic rings. The molecule has 2 aromatic heterocycles. The molecule has 0 saturated heterocycles. The predicted molar refractivity (Wildman–Crippen MR) is 68.5 cm³/mol. The first-order chi connectivity index (χ1) is 9.26. The van der Waals surface area contributed by atoms with Gasteiger partial charge in [-0.1, -0.05) is 12.1 Å². The van der Waals surface area contributed by atoms with E-state index < -0.39 is 0 Å². The van der Waals surface area contributed by atoms with Crippen molar-refractivity contribution in [2.24, 2.45) is 0 Å². The normalized spacial score (nSPS) is 10.8. The van der Waals surface area contributed by atoms with Crippen LogP contribution < -0.4 is 10.5 Å². The van der Waals surface area contributed by atoms with E-state index in [-0.39, 0.29) is 12.6 Å². The van der Waals surface area contributed by atoms with Gasteiger partial charge in [0.1, 0.15) is 11.1 Å². The van der Waals surface area contributed by atoms with Gasteiger partial charge in [0, 0.05) is 0 Å². The average Bonchev–Trinajstić information content (AvgIpc) is 2.88. The van der Waals surface area contributed by atoms with Gasteiger partial charge in [-0.2, -0.15) is 15.1 Å². The second-order valence-corrected chi connectivity index (χ2v) is 3.92. The third-order valence-electron chi connectivity index (χ3n) is 2.61. The van der Waals surface area contributed by atoms with Crippen LogP contribution in [0.4, 0.5) is 5.95 Å². The number of H-pyrrole nitrogens is 1. The lowest BCUT2D eigenvalue weighted by molar-refractivity contribution is 0.281. The third-order valence-corrected chi connectivity index (χ3v) is 2.61. The molecule has 7 heteroatoms. The smallest absolute Gasteiger partial charge is 0.235 e. The van der Waals surface area contributed by atoms with E-state index in [0.717, 1.165) is 5.56 Å². The zero-order valence-corrected chi connectivity index (χ0v) is 9.87. The predicted octanol–water partition coefficient (Wildman–Crippen LogP) is 1.22. The molecule has 0 atom stereocenters. The van der Waals surface area contributed by atoms with Gasteiger partial charge in [-0.05, 0) is 17.7 Å². The van der Waals surface area contributed by atoms with Crippen molar-refractivity contribution in [3.8, 4) is 11.6 Å². The van der Waals surface area contributed by atoms with Gasteiger partial charge in [0.25, 0.3) is 0 Å². The molecular formula is C12H11N5O2. The number of anilines is 1. The van der Waals surface area contributed by atoms with Crippen LogP contribution in [0.2, 0.25) is 0 Å². The number of nitrogens with zero attached hydrogens (tertiary/aromatic N) is 3. The first kappa shape index (κ1) is 11.4. The number of ether oxygens (including phenoxy) is 1. The van der Waals surface area contributed by atoms with Crippen LogP contribution in [0.1, 0.15) is 5.56 Å². The summed E-state index contributed by atoms with van der Waals surface area (Å²) < 4.78 is 5.66. The van der Waals surface area contributed by atoms with Crippen molar-refractivity contribution in [1.82, 2.24) is 20.2 Å². The third kappa shape index (κ3) is 2.18. The Bertz CT molecular complexity index is 708. The van der Waals surface area contributed by atoms with E-state index in [1.54, 1.807) is 30.5 Å².